The summed E-state index contributed by atoms with van der Waals surface area (Å²) in [5, 5.41) is 2.50. The number of rotatable bonds is 5. The molecule has 182 valence electrons. The van der Waals surface area contributed by atoms with Gasteiger partial charge in [-0.15, -0.1) is 11.3 Å². The maximum atomic E-state index is 13.1. The van der Waals surface area contributed by atoms with Crippen molar-refractivity contribution in [3.63, 3.8) is 0 Å². The average molecular weight is 496 g/mol. The minimum absolute atomic E-state index is 0.0393. The third kappa shape index (κ3) is 5.77. The Labute approximate surface area is 206 Å². The lowest BCUT2D eigenvalue weighted by atomic mass is 10.1. The van der Waals surface area contributed by atoms with Gasteiger partial charge in [0.15, 0.2) is 0 Å². The van der Waals surface area contributed by atoms with E-state index in [1.54, 1.807) is 22.4 Å². The number of hydrazine groups is 1. The molecule has 0 aliphatic carbocycles. The SMILES string of the molecule is O=C(Cc1csc(-c2ccc(F)cc2)n1)NNC(=O)N1CCN(Cc2ccc3c(c2)CCO3)CC1. The molecule has 0 atom stereocenters. The lowest BCUT2D eigenvalue weighted by molar-refractivity contribution is -0.121. The summed E-state index contributed by atoms with van der Waals surface area (Å²) in [5.41, 5.74) is 8.87. The number of nitrogens with one attached hydrogen (secondary N) is 2. The number of hydrogen-bond donors (Lipinski definition) is 2. The van der Waals surface area contributed by atoms with Gasteiger partial charge in [0.2, 0.25) is 5.91 Å². The van der Waals surface area contributed by atoms with Crippen LogP contribution in [0.3, 0.4) is 0 Å². The van der Waals surface area contributed by atoms with E-state index in [1.807, 2.05) is 6.07 Å². The predicted molar refractivity (Wildman–Crippen MR) is 130 cm³/mol. The van der Waals surface area contributed by atoms with Crippen molar-refractivity contribution >= 4 is 23.3 Å². The number of nitrogens with zero attached hydrogens (tertiary/aromatic N) is 3. The Bertz CT molecular complexity index is 1210. The standard InChI is InChI=1S/C25H26FN5O3S/c26-20-4-2-18(3-5-20)24-27-21(16-35-24)14-23(32)28-29-25(33)31-10-8-30(9-11-31)15-17-1-6-22-19(13-17)7-12-34-22/h1-6,13,16H,7-12,14-15H2,(H,28,32)(H,29,33). The molecule has 2 N–H and O–H groups in total. The second-order valence-electron chi connectivity index (χ2n) is 8.61. The van der Waals surface area contributed by atoms with Gasteiger partial charge in [-0.05, 0) is 41.5 Å². The first-order valence-corrected chi connectivity index (χ1v) is 12.4. The van der Waals surface area contributed by atoms with Gasteiger partial charge in [0.05, 0.1) is 18.7 Å². The molecule has 3 amide bonds. The average Bonchev–Trinajstić information content (AvgIpc) is 3.53. The van der Waals surface area contributed by atoms with Crippen LogP contribution in [-0.2, 0) is 24.2 Å². The topological polar surface area (TPSA) is 86.8 Å². The van der Waals surface area contributed by atoms with Gasteiger partial charge in [0.1, 0.15) is 16.6 Å². The number of benzene rings is 2. The molecule has 2 aromatic carbocycles. The number of fused-ring (bicyclic) bond motifs is 1. The van der Waals surface area contributed by atoms with Crippen molar-refractivity contribution in [1.29, 1.82) is 0 Å². The summed E-state index contributed by atoms with van der Waals surface area (Å²) in [5.74, 6) is 0.325. The van der Waals surface area contributed by atoms with Crippen molar-refractivity contribution < 1.29 is 18.7 Å². The molecule has 1 aromatic heterocycles. The van der Waals surface area contributed by atoms with Gasteiger partial charge < -0.3 is 9.64 Å². The Morgan fingerprint density at radius 1 is 1.06 bits per heavy atom. The van der Waals surface area contributed by atoms with Gasteiger partial charge in [-0.1, -0.05) is 12.1 Å². The molecular formula is C25H26FN5O3S. The molecular weight excluding hydrogens is 469 g/mol. The highest BCUT2D eigenvalue weighted by molar-refractivity contribution is 7.13. The number of thiazole rings is 1. The summed E-state index contributed by atoms with van der Waals surface area (Å²) in [6, 6.07) is 12.1. The summed E-state index contributed by atoms with van der Waals surface area (Å²) in [4.78, 5) is 33.2. The van der Waals surface area contributed by atoms with Crippen LogP contribution in [0.4, 0.5) is 9.18 Å². The summed E-state index contributed by atoms with van der Waals surface area (Å²) in [6.07, 6.45) is 0.998. The van der Waals surface area contributed by atoms with Crippen molar-refractivity contribution in [3.8, 4) is 16.3 Å². The number of urea groups is 1. The van der Waals surface area contributed by atoms with E-state index < -0.39 is 0 Å². The van der Waals surface area contributed by atoms with Crippen LogP contribution in [0.1, 0.15) is 16.8 Å². The van der Waals surface area contributed by atoms with Crippen LogP contribution < -0.4 is 15.6 Å². The molecule has 0 radical (unpaired) electrons. The predicted octanol–water partition coefficient (Wildman–Crippen LogP) is 2.99. The van der Waals surface area contributed by atoms with Crippen molar-refractivity contribution in [1.82, 2.24) is 25.6 Å². The van der Waals surface area contributed by atoms with E-state index in [-0.39, 0.29) is 24.2 Å². The number of halogens is 1. The van der Waals surface area contributed by atoms with Crippen LogP contribution in [0.5, 0.6) is 5.75 Å². The van der Waals surface area contributed by atoms with Crippen molar-refractivity contribution in [2.24, 2.45) is 0 Å². The fourth-order valence-electron chi connectivity index (χ4n) is 4.23. The van der Waals surface area contributed by atoms with Gasteiger partial charge in [-0.2, -0.15) is 0 Å². The maximum Gasteiger partial charge on any atom is 0.336 e. The number of piperazine rings is 1. The molecule has 0 bridgehead atoms. The van der Waals surface area contributed by atoms with Crippen molar-refractivity contribution in [2.75, 3.05) is 32.8 Å². The van der Waals surface area contributed by atoms with E-state index in [9.17, 15) is 14.0 Å². The second-order valence-corrected chi connectivity index (χ2v) is 9.47. The number of carbonyl (C=O) groups excluding carboxylic acids is 2. The fourth-order valence-corrected chi connectivity index (χ4v) is 5.06. The van der Waals surface area contributed by atoms with E-state index >= 15 is 0 Å². The largest absolute Gasteiger partial charge is 0.493 e. The number of amides is 3. The maximum absolute atomic E-state index is 13.1. The summed E-state index contributed by atoms with van der Waals surface area (Å²) >= 11 is 1.38. The monoisotopic (exact) mass is 495 g/mol. The Hall–Kier alpha value is -3.50. The minimum atomic E-state index is -0.353. The summed E-state index contributed by atoms with van der Waals surface area (Å²) in [6.45, 7) is 4.29. The molecule has 2 aliphatic rings. The Morgan fingerprint density at radius 3 is 2.66 bits per heavy atom. The molecule has 35 heavy (non-hydrogen) atoms. The van der Waals surface area contributed by atoms with Crippen LogP contribution in [-0.4, -0.2) is 59.5 Å². The summed E-state index contributed by atoms with van der Waals surface area (Å²) < 4.78 is 18.7. The normalized spacial score (nSPS) is 15.4. The van der Waals surface area contributed by atoms with Crippen LogP contribution >= 0.6 is 11.3 Å². The van der Waals surface area contributed by atoms with Gasteiger partial charge in [-0.3, -0.25) is 15.1 Å². The van der Waals surface area contributed by atoms with Gasteiger partial charge >= 0.3 is 6.03 Å². The van der Waals surface area contributed by atoms with E-state index in [4.69, 9.17) is 4.74 Å². The molecule has 1 fully saturated rings. The van der Waals surface area contributed by atoms with Gasteiger partial charge in [-0.25, -0.2) is 19.6 Å². The highest BCUT2D eigenvalue weighted by Crippen LogP contribution is 2.26. The minimum Gasteiger partial charge on any atom is -0.493 e. The molecule has 3 heterocycles. The molecule has 3 aromatic rings. The van der Waals surface area contributed by atoms with Gasteiger partial charge in [0.25, 0.3) is 0 Å². The van der Waals surface area contributed by atoms with Crippen molar-refractivity contribution in [2.45, 2.75) is 19.4 Å². The van der Waals surface area contributed by atoms with Crippen LogP contribution in [0, 0.1) is 5.82 Å². The zero-order valence-electron chi connectivity index (χ0n) is 19.1. The molecule has 0 spiro atoms. The Morgan fingerprint density at radius 2 is 1.86 bits per heavy atom. The number of carbonyl (C=O) groups is 2. The molecule has 5 rings (SSSR count). The Balaban J connectivity index is 1.04. The summed E-state index contributed by atoms with van der Waals surface area (Å²) in [7, 11) is 0. The number of aromatic nitrogens is 1. The molecule has 8 nitrogen and oxygen atoms in total. The van der Waals surface area contributed by atoms with Crippen LogP contribution in [0.2, 0.25) is 0 Å². The van der Waals surface area contributed by atoms with Gasteiger partial charge in [0, 0.05) is 50.1 Å². The van der Waals surface area contributed by atoms with Crippen molar-refractivity contribution in [3.05, 3.63) is 70.5 Å². The number of hydrogen-bond acceptors (Lipinski definition) is 6. The van der Waals surface area contributed by atoms with Crippen LogP contribution in [0.25, 0.3) is 10.6 Å². The third-order valence-electron chi connectivity index (χ3n) is 6.11. The lowest BCUT2D eigenvalue weighted by Gasteiger charge is -2.34. The molecule has 10 heteroatoms. The molecule has 0 saturated carbocycles. The highest BCUT2D eigenvalue weighted by atomic mass is 32.1. The molecule has 0 unspecified atom stereocenters. The highest BCUT2D eigenvalue weighted by Gasteiger charge is 2.22. The number of ether oxygens (including phenoxy) is 1. The van der Waals surface area contributed by atoms with E-state index in [2.05, 4.69) is 32.9 Å². The van der Waals surface area contributed by atoms with E-state index in [0.717, 1.165) is 44.0 Å². The van der Waals surface area contributed by atoms with Crippen LogP contribution in [0.15, 0.2) is 47.8 Å². The zero-order chi connectivity index (χ0) is 24.2. The lowest BCUT2D eigenvalue weighted by Crippen LogP contribution is -2.55. The quantitative estimate of drug-likeness (QED) is 0.532. The molecule has 1 saturated heterocycles. The van der Waals surface area contributed by atoms with E-state index in [0.29, 0.717) is 23.8 Å². The third-order valence-corrected chi connectivity index (χ3v) is 7.05. The second kappa shape index (κ2) is 10.4. The first kappa shape index (κ1) is 23.3. The first-order valence-electron chi connectivity index (χ1n) is 11.5. The molecule has 2 aliphatic heterocycles. The fraction of sp³-hybridized carbons (Fsp3) is 0.320. The smallest absolute Gasteiger partial charge is 0.336 e. The zero-order valence-corrected chi connectivity index (χ0v) is 19.9. The first-order chi connectivity index (χ1) is 17.0. The Kier molecular flexibility index (Phi) is 6.91. The van der Waals surface area contributed by atoms with E-state index in [1.165, 1.54) is 34.6 Å².